The summed E-state index contributed by atoms with van der Waals surface area (Å²) < 4.78 is 0. The normalized spacial score (nSPS) is 11.8. The van der Waals surface area contributed by atoms with Crippen LogP contribution in [0.1, 0.15) is 10.4 Å². The van der Waals surface area contributed by atoms with Gasteiger partial charge in [0.2, 0.25) is 5.96 Å². The first-order valence-corrected chi connectivity index (χ1v) is 10.4. The summed E-state index contributed by atoms with van der Waals surface area (Å²) in [7, 11) is 0. The second-order valence-corrected chi connectivity index (χ2v) is 7.06. The van der Waals surface area contributed by atoms with Gasteiger partial charge in [-0.15, -0.1) is 0 Å². The van der Waals surface area contributed by atoms with E-state index in [0.717, 1.165) is 11.4 Å². The highest BCUT2D eigenvalue weighted by Gasteiger charge is 2.11. The Kier molecular flexibility index (Phi) is 7.44. The maximum atomic E-state index is 12.7. The summed E-state index contributed by atoms with van der Waals surface area (Å²) in [4.78, 5) is 21.7. The number of rotatable bonds is 3. The van der Waals surface area contributed by atoms with Gasteiger partial charge in [-0.25, -0.2) is 4.99 Å². The third-order valence-electron chi connectivity index (χ3n) is 3.75. The number of benzene rings is 3. The molecule has 0 spiro atoms. The first-order valence-electron chi connectivity index (χ1n) is 8.79. The van der Waals surface area contributed by atoms with Gasteiger partial charge in [0.1, 0.15) is 0 Å². The number of nitrogens with one attached hydrogen (secondary N) is 2. The molecule has 7 heteroatoms. The van der Waals surface area contributed by atoms with Gasteiger partial charge in [-0.3, -0.25) is 10.1 Å². The maximum Gasteiger partial charge on any atom is 0.257 e. The molecule has 0 radical (unpaired) electrons. The number of hydrogen-bond acceptors (Lipinski definition) is 3. The third-order valence-corrected chi connectivity index (χ3v) is 4.55. The molecule has 0 heterocycles. The van der Waals surface area contributed by atoms with Crippen LogP contribution in [0, 0.1) is 0 Å². The molecule has 0 saturated heterocycles. The van der Waals surface area contributed by atoms with Crippen LogP contribution in [0.2, 0.25) is 5.02 Å². The standard InChI is InChI=1S/C22H19ClN4OS/c1-29-22(25-19-10-6-3-7-11-19)27-21(24-18-8-4-2-5-9-18)26-20(28)16-12-14-17(23)15-13-16/h2-15H,1H3,(H2,24,25,26,27,28). The molecule has 3 aromatic carbocycles. The molecule has 0 aliphatic carbocycles. The fraction of sp³-hybridized carbons (Fsp3) is 0.0455. The number of aliphatic imine (C=N–C) groups is 2. The first-order chi connectivity index (χ1) is 14.1. The zero-order valence-corrected chi connectivity index (χ0v) is 17.2. The Hall–Kier alpha value is -3.09. The Bertz CT molecular complexity index is 1010. The summed E-state index contributed by atoms with van der Waals surface area (Å²) in [5, 5.41) is 7.03. The summed E-state index contributed by atoms with van der Waals surface area (Å²) in [6.45, 7) is 0. The van der Waals surface area contributed by atoms with Gasteiger partial charge in [-0.1, -0.05) is 59.8 Å². The van der Waals surface area contributed by atoms with Crippen molar-refractivity contribution in [2.24, 2.45) is 9.98 Å². The third kappa shape index (κ3) is 6.48. The summed E-state index contributed by atoms with van der Waals surface area (Å²) in [6, 6.07) is 25.7. The van der Waals surface area contributed by atoms with Crippen molar-refractivity contribution in [1.29, 1.82) is 0 Å². The number of thioether (sulfide) groups is 1. The number of carbonyl (C=O) groups is 1. The van der Waals surface area contributed by atoms with Crippen molar-refractivity contribution in [3.8, 4) is 0 Å². The van der Waals surface area contributed by atoms with E-state index in [9.17, 15) is 4.79 Å². The Morgan fingerprint density at radius 3 is 2.14 bits per heavy atom. The zero-order valence-electron chi connectivity index (χ0n) is 15.7. The van der Waals surface area contributed by atoms with Gasteiger partial charge in [-0.2, -0.15) is 4.99 Å². The van der Waals surface area contributed by atoms with E-state index in [4.69, 9.17) is 11.6 Å². The van der Waals surface area contributed by atoms with Crippen molar-refractivity contribution < 1.29 is 4.79 Å². The Morgan fingerprint density at radius 1 is 0.897 bits per heavy atom. The Labute approximate surface area is 178 Å². The SMILES string of the molecule is CSC(=Nc1ccccc1)/N=C(/NC(=O)c1ccc(Cl)cc1)Nc1ccccc1. The highest BCUT2D eigenvalue weighted by Crippen LogP contribution is 2.15. The number of anilines is 1. The van der Waals surface area contributed by atoms with E-state index >= 15 is 0 Å². The summed E-state index contributed by atoms with van der Waals surface area (Å²) in [5.41, 5.74) is 2.05. The van der Waals surface area contributed by atoms with Crippen molar-refractivity contribution in [1.82, 2.24) is 5.32 Å². The van der Waals surface area contributed by atoms with Crippen LogP contribution < -0.4 is 10.6 Å². The average molecular weight is 423 g/mol. The van der Waals surface area contributed by atoms with Crippen molar-refractivity contribution in [2.75, 3.05) is 11.6 Å². The van der Waals surface area contributed by atoms with Crippen molar-refractivity contribution >= 4 is 51.8 Å². The molecule has 2 N–H and O–H groups in total. The summed E-state index contributed by atoms with van der Waals surface area (Å²) in [6.07, 6.45) is 1.88. The number of halogens is 1. The number of nitrogens with zero attached hydrogens (tertiary/aromatic N) is 2. The van der Waals surface area contributed by atoms with E-state index in [2.05, 4.69) is 20.6 Å². The van der Waals surface area contributed by atoms with Gasteiger partial charge in [0, 0.05) is 16.3 Å². The van der Waals surface area contributed by atoms with Crippen LogP contribution in [0.3, 0.4) is 0 Å². The molecule has 0 atom stereocenters. The van der Waals surface area contributed by atoms with E-state index in [1.54, 1.807) is 24.3 Å². The molecule has 0 aromatic heterocycles. The van der Waals surface area contributed by atoms with Crippen LogP contribution in [0.15, 0.2) is 94.9 Å². The molecular formula is C22H19ClN4OS. The highest BCUT2D eigenvalue weighted by molar-refractivity contribution is 8.13. The van der Waals surface area contributed by atoms with Crippen LogP contribution in [0.4, 0.5) is 11.4 Å². The molecule has 29 heavy (non-hydrogen) atoms. The predicted molar refractivity (Wildman–Crippen MR) is 123 cm³/mol. The zero-order chi connectivity index (χ0) is 20.5. The van der Waals surface area contributed by atoms with E-state index < -0.39 is 0 Å². The number of para-hydroxylation sites is 2. The van der Waals surface area contributed by atoms with Crippen LogP contribution >= 0.6 is 23.4 Å². The van der Waals surface area contributed by atoms with E-state index in [1.807, 2.05) is 66.9 Å². The first kappa shape index (κ1) is 20.6. The van der Waals surface area contributed by atoms with Crippen molar-refractivity contribution in [2.45, 2.75) is 0 Å². The highest BCUT2D eigenvalue weighted by atomic mass is 35.5. The maximum absolute atomic E-state index is 12.7. The molecule has 3 rings (SSSR count). The molecule has 0 bridgehead atoms. The minimum Gasteiger partial charge on any atom is -0.326 e. The van der Waals surface area contributed by atoms with Gasteiger partial charge < -0.3 is 5.32 Å². The van der Waals surface area contributed by atoms with Crippen LogP contribution in [-0.2, 0) is 0 Å². The number of amides is 1. The lowest BCUT2D eigenvalue weighted by atomic mass is 10.2. The minimum atomic E-state index is -0.302. The Balaban J connectivity index is 1.89. The molecule has 146 valence electrons. The fourth-order valence-corrected chi connectivity index (χ4v) is 2.86. The van der Waals surface area contributed by atoms with Gasteiger partial charge in [0.25, 0.3) is 5.91 Å². The van der Waals surface area contributed by atoms with Gasteiger partial charge >= 0.3 is 0 Å². The summed E-state index contributed by atoms with van der Waals surface area (Å²) in [5.74, 6) is -0.0239. The lowest BCUT2D eigenvalue weighted by Crippen LogP contribution is -2.36. The number of guanidine groups is 1. The molecule has 0 saturated carbocycles. The van der Waals surface area contributed by atoms with E-state index in [-0.39, 0.29) is 11.9 Å². The molecule has 0 aliphatic heterocycles. The Morgan fingerprint density at radius 2 is 1.52 bits per heavy atom. The molecule has 3 aromatic rings. The monoisotopic (exact) mass is 422 g/mol. The molecule has 0 aliphatic rings. The van der Waals surface area contributed by atoms with Crippen molar-refractivity contribution in [3.63, 3.8) is 0 Å². The number of carbonyl (C=O) groups excluding carboxylic acids is 1. The molecular weight excluding hydrogens is 404 g/mol. The van der Waals surface area contributed by atoms with Crippen molar-refractivity contribution in [3.05, 3.63) is 95.5 Å². The van der Waals surface area contributed by atoms with Crippen LogP contribution in [0.5, 0.6) is 0 Å². The molecule has 5 nitrogen and oxygen atoms in total. The van der Waals surface area contributed by atoms with E-state index in [0.29, 0.717) is 15.8 Å². The average Bonchev–Trinajstić information content (AvgIpc) is 2.75. The van der Waals surface area contributed by atoms with Gasteiger partial charge in [0.15, 0.2) is 5.17 Å². The second-order valence-electron chi connectivity index (χ2n) is 5.85. The topological polar surface area (TPSA) is 65.8 Å². The molecule has 0 unspecified atom stereocenters. The smallest absolute Gasteiger partial charge is 0.257 e. The van der Waals surface area contributed by atoms with Crippen LogP contribution in [0.25, 0.3) is 0 Å². The van der Waals surface area contributed by atoms with Crippen LogP contribution in [-0.4, -0.2) is 23.3 Å². The number of hydrogen-bond donors (Lipinski definition) is 2. The van der Waals surface area contributed by atoms with E-state index in [1.165, 1.54) is 11.8 Å². The van der Waals surface area contributed by atoms with Gasteiger partial charge in [-0.05, 0) is 54.8 Å². The molecule has 1 amide bonds. The molecule has 0 fully saturated rings. The fourth-order valence-electron chi connectivity index (χ4n) is 2.35. The largest absolute Gasteiger partial charge is 0.326 e. The predicted octanol–water partition coefficient (Wildman–Crippen LogP) is 5.59. The lowest BCUT2D eigenvalue weighted by molar-refractivity contribution is 0.0977. The lowest BCUT2D eigenvalue weighted by Gasteiger charge is -2.12. The number of amidine groups is 1. The second kappa shape index (κ2) is 10.5. The summed E-state index contributed by atoms with van der Waals surface area (Å²) >= 11 is 7.29. The minimum absolute atomic E-state index is 0.278. The van der Waals surface area contributed by atoms with Gasteiger partial charge in [0.05, 0.1) is 5.69 Å². The quantitative estimate of drug-likeness (QED) is 0.427.